The Morgan fingerprint density at radius 2 is 2.06 bits per heavy atom. The lowest BCUT2D eigenvalue weighted by Gasteiger charge is -2.38. The van der Waals surface area contributed by atoms with Crippen LogP contribution in [-0.2, 0) is 14.3 Å². The van der Waals surface area contributed by atoms with E-state index in [1.54, 1.807) is 0 Å². The van der Waals surface area contributed by atoms with Crippen molar-refractivity contribution in [1.82, 2.24) is 5.32 Å². The molecule has 0 amide bonds. The Labute approximate surface area is 97.7 Å². The maximum atomic E-state index is 11.5. The van der Waals surface area contributed by atoms with Crippen LogP contribution in [0, 0.1) is 5.92 Å². The second-order valence-corrected chi connectivity index (χ2v) is 4.66. The van der Waals surface area contributed by atoms with E-state index in [2.05, 4.69) is 5.32 Å². The molecule has 16 heavy (non-hydrogen) atoms. The largest absolute Gasteiger partial charge is 0.468 e. The second-order valence-electron chi connectivity index (χ2n) is 4.66. The molecule has 0 aliphatic heterocycles. The summed E-state index contributed by atoms with van der Waals surface area (Å²) in [5, 5.41) is 3.34. The Morgan fingerprint density at radius 3 is 2.50 bits per heavy atom. The highest BCUT2D eigenvalue weighted by atomic mass is 16.5. The molecule has 0 saturated heterocycles. The van der Waals surface area contributed by atoms with Gasteiger partial charge in [-0.1, -0.05) is 13.8 Å². The molecule has 0 aromatic carbocycles. The van der Waals surface area contributed by atoms with Crippen LogP contribution < -0.4 is 5.32 Å². The molecule has 1 unspecified atom stereocenters. The molecule has 0 aromatic rings. The van der Waals surface area contributed by atoms with Gasteiger partial charge < -0.3 is 14.8 Å². The SMILES string of the molecule is CCOC1CC(NC(C(=O)OC)C(C)C)C1. The van der Waals surface area contributed by atoms with E-state index in [0.717, 1.165) is 19.4 Å². The minimum absolute atomic E-state index is 0.171. The summed E-state index contributed by atoms with van der Waals surface area (Å²) < 4.78 is 10.3. The summed E-state index contributed by atoms with van der Waals surface area (Å²) in [6.07, 6.45) is 2.36. The van der Waals surface area contributed by atoms with Gasteiger partial charge in [0, 0.05) is 12.6 Å². The van der Waals surface area contributed by atoms with E-state index in [-0.39, 0.29) is 17.9 Å². The van der Waals surface area contributed by atoms with Crippen molar-refractivity contribution in [2.24, 2.45) is 5.92 Å². The summed E-state index contributed by atoms with van der Waals surface area (Å²) >= 11 is 0. The van der Waals surface area contributed by atoms with E-state index < -0.39 is 0 Å². The van der Waals surface area contributed by atoms with Crippen molar-refractivity contribution in [2.75, 3.05) is 13.7 Å². The molecule has 4 heteroatoms. The van der Waals surface area contributed by atoms with E-state index in [0.29, 0.717) is 12.1 Å². The molecule has 1 atom stereocenters. The Hall–Kier alpha value is -0.610. The van der Waals surface area contributed by atoms with E-state index in [1.165, 1.54) is 7.11 Å². The molecule has 0 bridgehead atoms. The lowest BCUT2D eigenvalue weighted by atomic mass is 9.87. The fourth-order valence-corrected chi connectivity index (χ4v) is 1.99. The lowest BCUT2D eigenvalue weighted by molar-refractivity contribution is -0.145. The number of hydrogen-bond acceptors (Lipinski definition) is 4. The van der Waals surface area contributed by atoms with Crippen LogP contribution >= 0.6 is 0 Å². The van der Waals surface area contributed by atoms with Gasteiger partial charge >= 0.3 is 5.97 Å². The van der Waals surface area contributed by atoms with Crippen LogP contribution in [0.3, 0.4) is 0 Å². The van der Waals surface area contributed by atoms with Crippen molar-refractivity contribution in [3.63, 3.8) is 0 Å². The maximum Gasteiger partial charge on any atom is 0.323 e. The van der Waals surface area contributed by atoms with Crippen molar-refractivity contribution in [1.29, 1.82) is 0 Å². The number of ether oxygens (including phenoxy) is 2. The molecule has 4 nitrogen and oxygen atoms in total. The van der Waals surface area contributed by atoms with E-state index in [9.17, 15) is 4.79 Å². The maximum absolute atomic E-state index is 11.5. The average molecular weight is 229 g/mol. The van der Waals surface area contributed by atoms with Gasteiger partial charge in [0.2, 0.25) is 0 Å². The van der Waals surface area contributed by atoms with E-state index in [1.807, 2.05) is 20.8 Å². The van der Waals surface area contributed by atoms with Crippen LogP contribution in [0.1, 0.15) is 33.6 Å². The molecule has 0 aromatic heterocycles. The summed E-state index contributed by atoms with van der Waals surface area (Å²) in [5.41, 5.74) is 0. The zero-order chi connectivity index (χ0) is 12.1. The zero-order valence-corrected chi connectivity index (χ0v) is 10.7. The quantitative estimate of drug-likeness (QED) is 0.698. The zero-order valence-electron chi connectivity index (χ0n) is 10.7. The molecule has 94 valence electrons. The third-order valence-corrected chi connectivity index (χ3v) is 3.03. The number of carbonyl (C=O) groups is 1. The van der Waals surface area contributed by atoms with Crippen LogP contribution in [0.5, 0.6) is 0 Å². The molecular weight excluding hydrogens is 206 g/mol. The molecule has 1 fully saturated rings. The summed E-state index contributed by atoms with van der Waals surface area (Å²) in [4.78, 5) is 11.5. The second kappa shape index (κ2) is 6.21. The Kier molecular flexibility index (Phi) is 5.22. The van der Waals surface area contributed by atoms with Gasteiger partial charge in [-0.3, -0.25) is 4.79 Å². The molecule has 0 spiro atoms. The van der Waals surface area contributed by atoms with Crippen molar-refractivity contribution in [3.8, 4) is 0 Å². The first-order chi connectivity index (χ1) is 7.58. The highest BCUT2D eigenvalue weighted by Crippen LogP contribution is 2.24. The van der Waals surface area contributed by atoms with Crippen LogP contribution in [0.15, 0.2) is 0 Å². The van der Waals surface area contributed by atoms with Crippen molar-refractivity contribution in [3.05, 3.63) is 0 Å². The van der Waals surface area contributed by atoms with Gasteiger partial charge in [-0.05, 0) is 25.7 Å². The van der Waals surface area contributed by atoms with Gasteiger partial charge in [0.25, 0.3) is 0 Å². The van der Waals surface area contributed by atoms with Crippen LogP contribution in [-0.4, -0.2) is 37.9 Å². The third-order valence-electron chi connectivity index (χ3n) is 3.03. The summed E-state index contributed by atoms with van der Waals surface area (Å²) in [6.45, 7) is 6.81. The standard InChI is InChI=1S/C12H23NO3/c1-5-16-10-6-9(7-10)13-11(8(2)3)12(14)15-4/h8-11,13H,5-7H2,1-4H3. The normalized spacial score (nSPS) is 26.3. The van der Waals surface area contributed by atoms with Gasteiger partial charge in [-0.2, -0.15) is 0 Å². The molecule has 0 radical (unpaired) electrons. The Morgan fingerprint density at radius 1 is 1.44 bits per heavy atom. The molecule has 0 heterocycles. The molecule has 1 rings (SSSR count). The first-order valence-corrected chi connectivity index (χ1v) is 6.04. The predicted molar refractivity (Wildman–Crippen MR) is 62.2 cm³/mol. The first kappa shape index (κ1) is 13.5. The van der Waals surface area contributed by atoms with Crippen molar-refractivity contribution < 1.29 is 14.3 Å². The van der Waals surface area contributed by atoms with E-state index in [4.69, 9.17) is 9.47 Å². The Balaban J connectivity index is 2.32. The number of carbonyl (C=O) groups excluding carboxylic acids is 1. The number of nitrogens with one attached hydrogen (secondary N) is 1. The highest BCUT2D eigenvalue weighted by molar-refractivity contribution is 5.76. The summed E-state index contributed by atoms with van der Waals surface area (Å²) in [5.74, 6) is 0.0773. The number of esters is 1. The monoisotopic (exact) mass is 229 g/mol. The topological polar surface area (TPSA) is 47.6 Å². The van der Waals surface area contributed by atoms with Gasteiger partial charge in [0.15, 0.2) is 0 Å². The predicted octanol–water partition coefficient (Wildman–Crippen LogP) is 1.34. The fourth-order valence-electron chi connectivity index (χ4n) is 1.99. The molecule has 1 aliphatic carbocycles. The first-order valence-electron chi connectivity index (χ1n) is 6.04. The minimum atomic E-state index is -0.197. The fraction of sp³-hybridized carbons (Fsp3) is 0.917. The van der Waals surface area contributed by atoms with Crippen LogP contribution in [0.2, 0.25) is 0 Å². The number of methoxy groups -OCH3 is 1. The molecular formula is C12H23NO3. The smallest absolute Gasteiger partial charge is 0.323 e. The third kappa shape index (κ3) is 3.46. The molecule has 1 saturated carbocycles. The van der Waals surface area contributed by atoms with Gasteiger partial charge in [0.1, 0.15) is 6.04 Å². The Bertz CT molecular complexity index is 224. The van der Waals surface area contributed by atoms with Crippen molar-refractivity contribution >= 4 is 5.97 Å². The van der Waals surface area contributed by atoms with Gasteiger partial charge in [-0.25, -0.2) is 0 Å². The summed E-state index contributed by atoms with van der Waals surface area (Å²) in [6, 6.07) is 0.195. The highest BCUT2D eigenvalue weighted by Gasteiger charge is 2.34. The van der Waals surface area contributed by atoms with Crippen LogP contribution in [0.4, 0.5) is 0 Å². The van der Waals surface area contributed by atoms with Gasteiger partial charge in [0.05, 0.1) is 13.2 Å². The van der Waals surface area contributed by atoms with E-state index >= 15 is 0 Å². The van der Waals surface area contributed by atoms with Crippen LogP contribution in [0.25, 0.3) is 0 Å². The minimum Gasteiger partial charge on any atom is -0.468 e. The van der Waals surface area contributed by atoms with Gasteiger partial charge in [-0.15, -0.1) is 0 Å². The molecule has 1 aliphatic rings. The number of hydrogen-bond donors (Lipinski definition) is 1. The number of rotatable bonds is 6. The van der Waals surface area contributed by atoms with Crippen molar-refractivity contribution in [2.45, 2.75) is 51.8 Å². The average Bonchev–Trinajstić information content (AvgIpc) is 2.19. The lowest BCUT2D eigenvalue weighted by Crippen LogP contribution is -2.53. The molecule has 1 N–H and O–H groups in total. The summed E-state index contributed by atoms with van der Waals surface area (Å²) in [7, 11) is 1.43.